The van der Waals surface area contributed by atoms with Crippen molar-refractivity contribution >= 4 is 5.91 Å². The molecule has 0 bridgehead atoms. The second-order valence-electron chi connectivity index (χ2n) is 5.96. The molecule has 6 heteroatoms. The van der Waals surface area contributed by atoms with Crippen LogP contribution in [0.5, 0.6) is 0 Å². The Hall–Kier alpha value is -1.40. The molecule has 0 aliphatic carbocycles. The van der Waals surface area contributed by atoms with Crippen LogP contribution in [0, 0.1) is 0 Å². The third kappa shape index (κ3) is 2.82. The molecule has 116 valence electrons. The van der Waals surface area contributed by atoms with E-state index in [1.54, 1.807) is 6.07 Å². The van der Waals surface area contributed by atoms with Gasteiger partial charge in [-0.1, -0.05) is 18.5 Å². The number of aliphatic hydroxyl groups excluding tert-OH is 1. The van der Waals surface area contributed by atoms with E-state index >= 15 is 0 Å². The largest absolute Gasteiger partial charge is 0.388 e. The minimum atomic E-state index is -0.129. The second-order valence-corrected chi connectivity index (χ2v) is 5.96. The summed E-state index contributed by atoms with van der Waals surface area (Å²) in [5.41, 5.74) is 0.846. The fourth-order valence-electron chi connectivity index (χ4n) is 3.30. The van der Waals surface area contributed by atoms with Gasteiger partial charge in [-0.15, -0.1) is 0 Å². The minimum absolute atomic E-state index is 0.0648. The highest BCUT2D eigenvalue weighted by molar-refractivity contribution is 5.83. The lowest BCUT2D eigenvalue weighted by molar-refractivity contribution is -0.142. The Labute approximate surface area is 124 Å². The SMILES string of the molecule is CCN1CCCCC1C(=O)N1CC(c2cc(CO)on2)C1. The van der Waals surface area contributed by atoms with Gasteiger partial charge in [-0.05, 0) is 25.9 Å². The Bertz CT molecular complexity index is 496. The van der Waals surface area contributed by atoms with Crippen LogP contribution in [0.4, 0.5) is 0 Å². The van der Waals surface area contributed by atoms with Crippen molar-refractivity contribution in [3.63, 3.8) is 0 Å². The van der Waals surface area contributed by atoms with Gasteiger partial charge in [-0.3, -0.25) is 9.69 Å². The molecule has 0 saturated carbocycles. The van der Waals surface area contributed by atoms with Gasteiger partial charge in [0.25, 0.3) is 0 Å². The monoisotopic (exact) mass is 293 g/mol. The second kappa shape index (κ2) is 6.15. The zero-order chi connectivity index (χ0) is 14.8. The Morgan fingerprint density at radius 1 is 1.48 bits per heavy atom. The molecule has 1 unspecified atom stereocenters. The van der Waals surface area contributed by atoms with E-state index in [0.29, 0.717) is 18.8 Å². The lowest BCUT2D eigenvalue weighted by Gasteiger charge is -2.43. The smallest absolute Gasteiger partial charge is 0.239 e. The van der Waals surface area contributed by atoms with E-state index in [1.807, 2.05) is 4.90 Å². The molecule has 1 aromatic heterocycles. The summed E-state index contributed by atoms with van der Waals surface area (Å²) in [6, 6.07) is 1.85. The zero-order valence-corrected chi connectivity index (χ0v) is 12.5. The molecule has 0 radical (unpaired) electrons. The maximum atomic E-state index is 12.6. The average Bonchev–Trinajstić information content (AvgIpc) is 2.94. The van der Waals surface area contributed by atoms with Crippen LogP contribution in [0.2, 0.25) is 0 Å². The van der Waals surface area contributed by atoms with Crippen LogP contribution in [0.15, 0.2) is 10.6 Å². The van der Waals surface area contributed by atoms with E-state index in [9.17, 15) is 4.79 Å². The maximum absolute atomic E-state index is 12.6. The summed E-state index contributed by atoms with van der Waals surface area (Å²) >= 11 is 0. The topological polar surface area (TPSA) is 69.8 Å². The zero-order valence-electron chi connectivity index (χ0n) is 12.5. The van der Waals surface area contributed by atoms with Crippen molar-refractivity contribution in [2.45, 2.75) is 44.8 Å². The van der Waals surface area contributed by atoms with Crippen LogP contribution in [0.1, 0.15) is 43.6 Å². The van der Waals surface area contributed by atoms with Gasteiger partial charge in [0.2, 0.25) is 5.91 Å². The van der Waals surface area contributed by atoms with Crippen LogP contribution >= 0.6 is 0 Å². The summed E-state index contributed by atoms with van der Waals surface area (Å²) in [7, 11) is 0. The molecule has 2 fully saturated rings. The van der Waals surface area contributed by atoms with E-state index in [0.717, 1.165) is 31.6 Å². The lowest BCUT2D eigenvalue weighted by Crippen LogP contribution is -2.57. The molecule has 3 rings (SSSR count). The molecule has 21 heavy (non-hydrogen) atoms. The first kappa shape index (κ1) is 14.5. The molecular formula is C15H23N3O3. The van der Waals surface area contributed by atoms with Crippen LogP contribution in [0.3, 0.4) is 0 Å². The van der Waals surface area contributed by atoms with Gasteiger partial charge in [0.15, 0.2) is 5.76 Å². The third-order valence-corrected chi connectivity index (χ3v) is 4.65. The molecule has 2 aliphatic heterocycles. The minimum Gasteiger partial charge on any atom is -0.388 e. The van der Waals surface area contributed by atoms with E-state index in [4.69, 9.17) is 9.63 Å². The first-order chi connectivity index (χ1) is 10.2. The molecular weight excluding hydrogens is 270 g/mol. The highest BCUT2D eigenvalue weighted by Gasteiger charge is 2.38. The predicted molar refractivity (Wildman–Crippen MR) is 76.6 cm³/mol. The number of amides is 1. The molecule has 1 aromatic rings. The number of hydrogen-bond donors (Lipinski definition) is 1. The van der Waals surface area contributed by atoms with Crippen molar-refractivity contribution in [3.8, 4) is 0 Å². The van der Waals surface area contributed by atoms with Gasteiger partial charge in [0, 0.05) is 25.1 Å². The Kier molecular flexibility index (Phi) is 4.26. The number of aromatic nitrogens is 1. The predicted octanol–water partition coefficient (Wildman–Crippen LogP) is 0.967. The summed E-state index contributed by atoms with van der Waals surface area (Å²) in [6.45, 7) is 5.39. The van der Waals surface area contributed by atoms with Crippen LogP contribution in [0.25, 0.3) is 0 Å². The Morgan fingerprint density at radius 2 is 2.29 bits per heavy atom. The van der Waals surface area contributed by atoms with Crippen molar-refractivity contribution in [3.05, 3.63) is 17.5 Å². The molecule has 2 saturated heterocycles. The van der Waals surface area contributed by atoms with E-state index < -0.39 is 0 Å². The quantitative estimate of drug-likeness (QED) is 0.895. The Morgan fingerprint density at radius 3 is 2.95 bits per heavy atom. The molecule has 1 N–H and O–H groups in total. The highest BCUT2D eigenvalue weighted by Crippen LogP contribution is 2.29. The number of nitrogens with zero attached hydrogens (tertiary/aromatic N) is 3. The van der Waals surface area contributed by atoms with Crippen LogP contribution in [-0.2, 0) is 11.4 Å². The van der Waals surface area contributed by atoms with Crippen molar-refractivity contribution in [1.82, 2.24) is 15.0 Å². The standard InChI is InChI=1S/C15H23N3O3/c1-2-17-6-4-3-5-14(17)15(20)18-8-11(9-18)13-7-12(10-19)21-16-13/h7,11,14,19H,2-6,8-10H2,1H3. The number of aliphatic hydroxyl groups is 1. The summed E-state index contributed by atoms with van der Waals surface area (Å²) in [4.78, 5) is 16.8. The fraction of sp³-hybridized carbons (Fsp3) is 0.733. The van der Waals surface area contributed by atoms with E-state index in [2.05, 4.69) is 17.0 Å². The average molecular weight is 293 g/mol. The fourth-order valence-corrected chi connectivity index (χ4v) is 3.30. The number of rotatable bonds is 4. The number of carbonyl (C=O) groups excluding carboxylic acids is 1. The maximum Gasteiger partial charge on any atom is 0.239 e. The summed E-state index contributed by atoms with van der Waals surface area (Å²) < 4.78 is 5.01. The van der Waals surface area contributed by atoms with Gasteiger partial charge >= 0.3 is 0 Å². The third-order valence-electron chi connectivity index (χ3n) is 4.65. The normalized spacial score (nSPS) is 24.1. The number of carbonyl (C=O) groups is 1. The molecule has 1 atom stereocenters. The first-order valence-electron chi connectivity index (χ1n) is 7.82. The van der Waals surface area contributed by atoms with Gasteiger partial charge in [0.05, 0.1) is 11.7 Å². The van der Waals surface area contributed by atoms with Crippen LogP contribution in [-0.4, -0.2) is 58.2 Å². The van der Waals surface area contributed by atoms with E-state index in [-0.39, 0.29) is 24.5 Å². The molecule has 0 spiro atoms. The molecule has 3 heterocycles. The van der Waals surface area contributed by atoms with Crippen molar-refractivity contribution < 1.29 is 14.4 Å². The molecule has 2 aliphatic rings. The number of hydrogen-bond acceptors (Lipinski definition) is 5. The number of likely N-dealkylation sites (tertiary alicyclic amines) is 2. The van der Waals surface area contributed by atoms with Crippen LogP contribution < -0.4 is 0 Å². The highest BCUT2D eigenvalue weighted by atomic mass is 16.5. The summed E-state index contributed by atoms with van der Waals surface area (Å²) in [5, 5.41) is 12.9. The van der Waals surface area contributed by atoms with Gasteiger partial charge in [-0.2, -0.15) is 0 Å². The van der Waals surface area contributed by atoms with Gasteiger partial charge in [0.1, 0.15) is 6.61 Å². The molecule has 0 aromatic carbocycles. The van der Waals surface area contributed by atoms with Crippen molar-refractivity contribution in [1.29, 1.82) is 0 Å². The summed E-state index contributed by atoms with van der Waals surface area (Å²) in [5.74, 6) is 0.995. The number of likely N-dealkylation sites (N-methyl/N-ethyl adjacent to an activating group) is 1. The lowest BCUT2D eigenvalue weighted by atomic mass is 9.93. The van der Waals surface area contributed by atoms with E-state index in [1.165, 1.54) is 6.42 Å². The number of piperidine rings is 1. The molecule has 1 amide bonds. The summed E-state index contributed by atoms with van der Waals surface area (Å²) in [6.07, 6.45) is 3.32. The van der Waals surface area contributed by atoms with Crippen molar-refractivity contribution in [2.24, 2.45) is 0 Å². The van der Waals surface area contributed by atoms with Gasteiger partial charge in [-0.25, -0.2) is 0 Å². The Balaban J connectivity index is 1.56. The molecule has 6 nitrogen and oxygen atoms in total. The van der Waals surface area contributed by atoms with Crippen molar-refractivity contribution in [2.75, 3.05) is 26.2 Å². The first-order valence-corrected chi connectivity index (χ1v) is 7.82. The van der Waals surface area contributed by atoms with Gasteiger partial charge < -0.3 is 14.5 Å².